The molecular formula is C14H17N3O2S. The first-order valence-electron chi connectivity index (χ1n) is 6.28. The van der Waals surface area contributed by atoms with E-state index >= 15 is 0 Å². The van der Waals surface area contributed by atoms with E-state index in [0.717, 1.165) is 15.6 Å². The van der Waals surface area contributed by atoms with Gasteiger partial charge in [0.25, 0.3) is 5.91 Å². The maximum atomic E-state index is 12.1. The Morgan fingerprint density at radius 1 is 1.35 bits per heavy atom. The number of carbonyl (C=O) groups excluding carboxylic acids is 1. The fourth-order valence-electron chi connectivity index (χ4n) is 1.74. The predicted octanol–water partition coefficient (Wildman–Crippen LogP) is 2.35. The van der Waals surface area contributed by atoms with Crippen LogP contribution in [0.1, 0.15) is 20.4 Å². The van der Waals surface area contributed by atoms with Crippen LogP contribution in [0.3, 0.4) is 0 Å². The van der Waals surface area contributed by atoms with Crippen molar-refractivity contribution in [2.75, 3.05) is 18.5 Å². The molecule has 0 saturated carbocycles. The molecule has 0 aliphatic rings. The fraction of sp³-hybridized carbons (Fsp3) is 0.286. The molecule has 0 fully saturated rings. The molecule has 5 nitrogen and oxygen atoms in total. The summed E-state index contributed by atoms with van der Waals surface area (Å²) in [5, 5.41) is 3.71. The van der Waals surface area contributed by atoms with Crippen LogP contribution in [0.2, 0.25) is 0 Å². The van der Waals surface area contributed by atoms with Gasteiger partial charge in [-0.3, -0.25) is 4.79 Å². The molecule has 0 unspecified atom stereocenters. The summed E-state index contributed by atoms with van der Waals surface area (Å²) in [6.07, 6.45) is 0. The van der Waals surface area contributed by atoms with Crippen LogP contribution in [0.25, 0.3) is 0 Å². The third kappa shape index (κ3) is 3.55. The topological polar surface area (TPSA) is 77.2 Å². The zero-order chi connectivity index (χ0) is 14.5. The number of hydrogen-bond acceptors (Lipinski definition) is 5. The van der Waals surface area contributed by atoms with E-state index in [-0.39, 0.29) is 5.91 Å². The molecule has 1 aromatic heterocycles. The average Bonchev–Trinajstić information content (AvgIpc) is 2.77. The molecule has 0 aliphatic carbocycles. The summed E-state index contributed by atoms with van der Waals surface area (Å²) in [4.78, 5) is 17.2. The minimum atomic E-state index is -0.192. The average molecular weight is 291 g/mol. The van der Waals surface area contributed by atoms with Gasteiger partial charge in [-0.2, -0.15) is 0 Å². The monoisotopic (exact) mass is 291 g/mol. The number of thiazole rings is 1. The highest BCUT2D eigenvalue weighted by Crippen LogP contribution is 2.19. The first-order chi connectivity index (χ1) is 9.60. The van der Waals surface area contributed by atoms with Gasteiger partial charge in [0.05, 0.1) is 5.01 Å². The number of aryl methyl sites for hydroxylation is 2. The van der Waals surface area contributed by atoms with Crippen LogP contribution in [0, 0.1) is 13.8 Å². The Kier molecular flexibility index (Phi) is 4.70. The quantitative estimate of drug-likeness (QED) is 0.886. The maximum absolute atomic E-state index is 12.1. The smallest absolute Gasteiger partial charge is 0.275 e. The number of aromatic nitrogens is 1. The molecule has 0 saturated heterocycles. The van der Waals surface area contributed by atoms with E-state index in [0.29, 0.717) is 24.5 Å². The van der Waals surface area contributed by atoms with Gasteiger partial charge in [-0.15, -0.1) is 11.3 Å². The van der Waals surface area contributed by atoms with Crippen LogP contribution in [0.4, 0.5) is 5.69 Å². The molecule has 0 radical (unpaired) electrons. The Morgan fingerprint density at radius 2 is 2.05 bits per heavy atom. The van der Waals surface area contributed by atoms with E-state index in [9.17, 15) is 4.79 Å². The molecule has 106 valence electrons. The summed E-state index contributed by atoms with van der Waals surface area (Å²) in [5.41, 5.74) is 6.56. The van der Waals surface area contributed by atoms with Gasteiger partial charge in [0.15, 0.2) is 0 Å². The lowest BCUT2D eigenvalue weighted by molar-refractivity contribution is 0.102. The normalized spacial score (nSPS) is 10.3. The number of rotatable bonds is 5. The van der Waals surface area contributed by atoms with Gasteiger partial charge < -0.3 is 15.8 Å². The second-order valence-corrected chi connectivity index (χ2v) is 5.66. The van der Waals surface area contributed by atoms with Crippen molar-refractivity contribution in [2.24, 2.45) is 5.73 Å². The SMILES string of the molecule is Cc1nc(C(=O)Nc2ccc(OCCN)cc2)c(C)s1. The number of carbonyl (C=O) groups is 1. The van der Waals surface area contributed by atoms with E-state index in [1.54, 1.807) is 24.3 Å². The van der Waals surface area contributed by atoms with Crippen LogP contribution < -0.4 is 15.8 Å². The third-order valence-electron chi connectivity index (χ3n) is 2.62. The predicted molar refractivity (Wildman–Crippen MR) is 80.5 cm³/mol. The number of ether oxygens (including phenoxy) is 1. The van der Waals surface area contributed by atoms with Crippen LogP contribution in [0.5, 0.6) is 5.75 Å². The lowest BCUT2D eigenvalue weighted by Gasteiger charge is -2.07. The summed E-state index contributed by atoms with van der Waals surface area (Å²) < 4.78 is 5.37. The Labute approximate surface area is 121 Å². The van der Waals surface area contributed by atoms with Crippen molar-refractivity contribution < 1.29 is 9.53 Å². The lowest BCUT2D eigenvalue weighted by atomic mass is 10.3. The molecule has 0 aliphatic heterocycles. The van der Waals surface area contributed by atoms with Gasteiger partial charge in [0, 0.05) is 17.1 Å². The van der Waals surface area contributed by atoms with Crippen LogP contribution >= 0.6 is 11.3 Å². The fourth-order valence-corrected chi connectivity index (χ4v) is 2.56. The zero-order valence-electron chi connectivity index (χ0n) is 11.5. The van der Waals surface area contributed by atoms with Crippen LogP contribution in [-0.2, 0) is 0 Å². The Bertz CT molecular complexity index is 593. The second kappa shape index (κ2) is 6.49. The van der Waals surface area contributed by atoms with Gasteiger partial charge in [0.1, 0.15) is 18.1 Å². The standard InChI is InChI=1S/C14H17N3O2S/c1-9-13(16-10(2)20-9)14(18)17-11-3-5-12(6-4-11)19-8-7-15/h3-6H,7-8,15H2,1-2H3,(H,17,18). The molecule has 0 spiro atoms. The first kappa shape index (κ1) is 14.5. The molecule has 0 bridgehead atoms. The second-order valence-electron chi connectivity index (χ2n) is 4.25. The van der Waals surface area contributed by atoms with E-state index in [4.69, 9.17) is 10.5 Å². The van der Waals surface area contributed by atoms with Crippen molar-refractivity contribution in [2.45, 2.75) is 13.8 Å². The van der Waals surface area contributed by atoms with Crippen LogP contribution in [-0.4, -0.2) is 24.0 Å². The number of benzene rings is 1. The molecule has 1 aromatic carbocycles. The van der Waals surface area contributed by atoms with Crippen molar-refractivity contribution in [3.63, 3.8) is 0 Å². The summed E-state index contributed by atoms with van der Waals surface area (Å²) in [6.45, 7) is 4.73. The van der Waals surface area contributed by atoms with Crippen molar-refractivity contribution in [3.8, 4) is 5.75 Å². The van der Waals surface area contributed by atoms with E-state index < -0.39 is 0 Å². The molecule has 2 rings (SSSR count). The Hall–Kier alpha value is -1.92. The van der Waals surface area contributed by atoms with Crippen LogP contribution in [0.15, 0.2) is 24.3 Å². The van der Waals surface area contributed by atoms with E-state index in [1.165, 1.54) is 11.3 Å². The highest BCUT2D eigenvalue weighted by Gasteiger charge is 2.13. The number of nitrogens with two attached hydrogens (primary N) is 1. The lowest BCUT2D eigenvalue weighted by Crippen LogP contribution is -2.13. The highest BCUT2D eigenvalue weighted by molar-refractivity contribution is 7.11. The van der Waals surface area contributed by atoms with Crippen molar-refractivity contribution in [3.05, 3.63) is 39.8 Å². The molecule has 6 heteroatoms. The first-order valence-corrected chi connectivity index (χ1v) is 7.10. The van der Waals surface area contributed by atoms with Crippen molar-refractivity contribution in [1.82, 2.24) is 4.98 Å². The van der Waals surface area contributed by atoms with Gasteiger partial charge in [-0.25, -0.2) is 4.98 Å². The minimum absolute atomic E-state index is 0.192. The molecule has 3 N–H and O–H groups in total. The maximum Gasteiger partial charge on any atom is 0.275 e. The van der Waals surface area contributed by atoms with Gasteiger partial charge in [0.2, 0.25) is 0 Å². The van der Waals surface area contributed by atoms with Crippen molar-refractivity contribution in [1.29, 1.82) is 0 Å². The third-order valence-corrected chi connectivity index (χ3v) is 3.50. The molecule has 0 atom stereocenters. The summed E-state index contributed by atoms with van der Waals surface area (Å²) in [7, 11) is 0. The minimum Gasteiger partial charge on any atom is -0.492 e. The molecule has 2 aromatic rings. The number of anilines is 1. The Balaban J connectivity index is 2.02. The molecule has 1 amide bonds. The molecule has 1 heterocycles. The van der Waals surface area contributed by atoms with E-state index in [2.05, 4.69) is 10.3 Å². The Morgan fingerprint density at radius 3 is 2.60 bits per heavy atom. The summed E-state index contributed by atoms with van der Waals surface area (Å²) >= 11 is 1.52. The summed E-state index contributed by atoms with van der Waals surface area (Å²) in [5.74, 6) is 0.539. The number of nitrogens with one attached hydrogen (secondary N) is 1. The summed E-state index contributed by atoms with van der Waals surface area (Å²) in [6, 6.07) is 7.17. The highest BCUT2D eigenvalue weighted by atomic mass is 32.1. The number of nitrogens with zero attached hydrogens (tertiary/aromatic N) is 1. The van der Waals surface area contributed by atoms with Crippen molar-refractivity contribution >= 4 is 22.9 Å². The van der Waals surface area contributed by atoms with Gasteiger partial charge >= 0.3 is 0 Å². The van der Waals surface area contributed by atoms with Gasteiger partial charge in [-0.05, 0) is 38.1 Å². The molecule has 20 heavy (non-hydrogen) atoms. The largest absolute Gasteiger partial charge is 0.492 e. The van der Waals surface area contributed by atoms with E-state index in [1.807, 2.05) is 13.8 Å². The van der Waals surface area contributed by atoms with Gasteiger partial charge in [-0.1, -0.05) is 0 Å². The number of hydrogen-bond donors (Lipinski definition) is 2. The molecular weight excluding hydrogens is 274 g/mol. The zero-order valence-corrected chi connectivity index (χ0v) is 12.3. The number of amides is 1.